The summed E-state index contributed by atoms with van der Waals surface area (Å²) in [5.74, 6) is 1.19. The molecule has 35 heavy (non-hydrogen) atoms. The number of methoxy groups -OCH3 is 1. The molecule has 0 amide bonds. The molecule has 10 heteroatoms. The number of aryl methyl sites for hydroxylation is 1. The van der Waals surface area contributed by atoms with Crippen LogP contribution in [0.5, 0.6) is 0 Å². The fraction of sp³-hybridized carbons (Fsp3) is 0.160. The van der Waals surface area contributed by atoms with E-state index in [1.807, 2.05) is 48.5 Å². The molecule has 0 aliphatic heterocycles. The number of benzene rings is 2. The smallest absolute Gasteiger partial charge is 0.341 e. The van der Waals surface area contributed by atoms with Crippen LogP contribution in [-0.4, -0.2) is 33.1 Å². The SMILES string of the molecule is COC(=O)c1cc(CSc2nnc(-c3nn(Cc4ccccc4)c(=O)c4ccccc34)o2)oc1C. The van der Waals surface area contributed by atoms with Gasteiger partial charge >= 0.3 is 5.97 Å². The van der Waals surface area contributed by atoms with Crippen LogP contribution in [0, 0.1) is 6.92 Å². The quantitative estimate of drug-likeness (QED) is 0.242. The maximum atomic E-state index is 13.1. The Morgan fingerprint density at radius 3 is 2.54 bits per heavy atom. The first-order chi connectivity index (χ1) is 17.0. The first-order valence-electron chi connectivity index (χ1n) is 10.7. The molecular formula is C25H20N4O5S. The fourth-order valence-corrected chi connectivity index (χ4v) is 4.33. The summed E-state index contributed by atoms with van der Waals surface area (Å²) >= 11 is 1.26. The van der Waals surface area contributed by atoms with Crippen LogP contribution in [0.4, 0.5) is 0 Å². The van der Waals surface area contributed by atoms with E-state index in [1.54, 1.807) is 19.1 Å². The number of aromatic nitrogens is 4. The van der Waals surface area contributed by atoms with E-state index in [1.165, 1.54) is 23.6 Å². The van der Waals surface area contributed by atoms with Crippen LogP contribution in [0.15, 0.2) is 79.5 Å². The van der Waals surface area contributed by atoms with Crippen molar-refractivity contribution in [2.45, 2.75) is 24.4 Å². The van der Waals surface area contributed by atoms with E-state index in [9.17, 15) is 9.59 Å². The van der Waals surface area contributed by atoms with E-state index in [4.69, 9.17) is 13.6 Å². The van der Waals surface area contributed by atoms with Gasteiger partial charge in [-0.3, -0.25) is 4.79 Å². The zero-order valence-corrected chi connectivity index (χ0v) is 19.7. The Labute approximate surface area is 203 Å². The third-order valence-electron chi connectivity index (χ3n) is 5.36. The van der Waals surface area contributed by atoms with Crippen molar-refractivity contribution in [1.29, 1.82) is 0 Å². The van der Waals surface area contributed by atoms with Gasteiger partial charge in [0.1, 0.15) is 17.1 Å². The number of ether oxygens (including phenoxy) is 1. The lowest BCUT2D eigenvalue weighted by molar-refractivity contribution is 0.0599. The van der Waals surface area contributed by atoms with E-state index in [0.717, 1.165) is 5.56 Å². The van der Waals surface area contributed by atoms with Gasteiger partial charge in [0, 0.05) is 5.39 Å². The highest BCUT2D eigenvalue weighted by atomic mass is 32.2. The summed E-state index contributed by atoms with van der Waals surface area (Å²) in [6.45, 7) is 2.01. The van der Waals surface area contributed by atoms with Crippen LogP contribution in [0.3, 0.4) is 0 Å². The molecule has 2 aromatic carbocycles. The first-order valence-corrected chi connectivity index (χ1v) is 11.7. The van der Waals surface area contributed by atoms with E-state index < -0.39 is 5.97 Å². The van der Waals surface area contributed by atoms with E-state index in [2.05, 4.69) is 15.3 Å². The number of thioether (sulfide) groups is 1. The standard InChI is InChI=1S/C25H20N4O5S/c1-15-20(24(31)32-2)12-17(33-15)14-35-25-27-26-22(34-25)21-18-10-6-7-11-19(18)23(30)29(28-21)13-16-8-4-3-5-9-16/h3-12H,13-14H2,1-2H3. The van der Waals surface area contributed by atoms with Crippen molar-refractivity contribution >= 4 is 28.5 Å². The van der Waals surface area contributed by atoms with Gasteiger partial charge in [-0.05, 0) is 24.6 Å². The second-order valence-electron chi connectivity index (χ2n) is 7.68. The largest absolute Gasteiger partial charge is 0.465 e. The monoisotopic (exact) mass is 488 g/mol. The van der Waals surface area contributed by atoms with E-state index in [-0.39, 0.29) is 11.4 Å². The predicted octanol–water partition coefficient (Wildman–Crippen LogP) is 4.48. The number of esters is 1. The minimum Gasteiger partial charge on any atom is -0.465 e. The normalized spacial score (nSPS) is 11.1. The van der Waals surface area contributed by atoms with E-state index in [0.29, 0.717) is 51.1 Å². The molecule has 0 N–H and O–H groups in total. The highest BCUT2D eigenvalue weighted by molar-refractivity contribution is 7.98. The summed E-state index contributed by atoms with van der Waals surface area (Å²) in [5.41, 5.74) is 1.56. The number of furan rings is 1. The molecule has 0 atom stereocenters. The van der Waals surface area contributed by atoms with Gasteiger partial charge in [0.25, 0.3) is 16.7 Å². The lowest BCUT2D eigenvalue weighted by atomic mass is 10.1. The second-order valence-corrected chi connectivity index (χ2v) is 8.61. The van der Waals surface area contributed by atoms with Crippen LogP contribution >= 0.6 is 11.8 Å². The molecule has 0 aliphatic carbocycles. The van der Waals surface area contributed by atoms with Gasteiger partial charge < -0.3 is 13.6 Å². The van der Waals surface area contributed by atoms with Gasteiger partial charge in [-0.2, -0.15) is 5.10 Å². The molecule has 3 heterocycles. The number of hydrogen-bond donors (Lipinski definition) is 0. The summed E-state index contributed by atoms with van der Waals surface area (Å²) in [6.07, 6.45) is 0. The molecule has 0 spiro atoms. The Morgan fingerprint density at radius 2 is 1.77 bits per heavy atom. The van der Waals surface area contributed by atoms with Crippen LogP contribution in [-0.2, 0) is 17.0 Å². The number of nitrogens with zero attached hydrogens (tertiary/aromatic N) is 4. The molecule has 0 aliphatic rings. The Hall–Kier alpha value is -4.18. The number of fused-ring (bicyclic) bond motifs is 1. The molecule has 0 unspecified atom stereocenters. The van der Waals surface area contributed by atoms with Crippen LogP contribution in [0.2, 0.25) is 0 Å². The molecule has 0 bridgehead atoms. The Balaban J connectivity index is 1.44. The number of carbonyl (C=O) groups excluding carboxylic acids is 1. The van der Waals surface area contributed by atoms with Gasteiger partial charge in [0.15, 0.2) is 5.69 Å². The summed E-state index contributed by atoms with van der Waals surface area (Å²) < 4.78 is 17.7. The van der Waals surface area contributed by atoms with Gasteiger partial charge in [-0.15, -0.1) is 10.2 Å². The molecule has 3 aromatic heterocycles. The lowest BCUT2D eigenvalue weighted by Crippen LogP contribution is -2.24. The molecule has 0 saturated heterocycles. The van der Waals surface area contributed by atoms with Crippen LogP contribution in [0.1, 0.15) is 27.4 Å². The number of hydrogen-bond acceptors (Lipinski definition) is 9. The topological polar surface area (TPSA) is 113 Å². The maximum Gasteiger partial charge on any atom is 0.341 e. The molecular weight excluding hydrogens is 468 g/mol. The third-order valence-corrected chi connectivity index (χ3v) is 6.20. The Bertz CT molecular complexity index is 1570. The Morgan fingerprint density at radius 1 is 1.03 bits per heavy atom. The van der Waals surface area contributed by atoms with Crippen LogP contribution in [0.25, 0.3) is 22.4 Å². The Kier molecular flexibility index (Phi) is 6.19. The number of carbonyl (C=O) groups is 1. The van der Waals surface area contributed by atoms with E-state index >= 15 is 0 Å². The minimum atomic E-state index is -0.453. The second kappa shape index (κ2) is 9.59. The van der Waals surface area contributed by atoms with Gasteiger partial charge in [-0.1, -0.05) is 60.3 Å². The molecule has 5 rings (SSSR count). The van der Waals surface area contributed by atoms with Crippen molar-refractivity contribution in [2.75, 3.05) is 7.11 Å². The first kappa shape index (κ1) is 22.6. The summed E-state index contributed by atoms with van der Waals surface area (Å²) in [6, 6.07) is 18.5. The van der Waals surface area contributed by atoms with Crippen molar-refractivity contribution in [3.8, 4) is 11.6 Å². The zero-order chi connectivity index (χ0) is 24.4. The van der Waals surface area contributed by atoms with Crippen LogP contribution < -0.4 is 5.56 Å². The van der Waals surface area contributed by atoms with Crippen molar-refractivity contribution in [1.82, 2.24) is 20.0 Å². The van der Waals surface area contributed by atoms with Crippen molar-refractivity contribution in [3.63, 3.8) is 0 Å². The van der Waals surface area contributed by atoms with Gasteiger partial charge in [-0.25, -0.2) is 9.48 Å². The average molecular weight is 489 g/mol. The average Bonchev–Trinajstić information content (AvgIpc) is 3.51. The zero-order valence-electron chi connectivity index (χ0n) is 18.9. The van der Waals surface area contributed by atoms with Gasteiger partial charge in [0.2, 0.25) is 0 Å². The summed E-state index contributed by atoms with van der Waals surface area (Å²) in [7, 11) is 1.32. The molecule has 0 fully saturated rings. The van der Waals surface area contributed by atoms with Crippen molar-refractivity contribution in [3.05, 3.63) is 93.7 Å². The van der Waals surface area contributed by atoms with Crippen molar-refractivity contribution in [2.24, 2.45) is 0 Å². The van der Waals surface area contributed by atoms with Crippen molar-refractivity contribution < 1.29 is 18.4 Å². The molecule has 5 aromatic rings. The molecule has 9 nitrogen and oxygen atoms in total. The maximum absolute atomic E-state index is 13.1. The highest BCUT2D eigenvalue weighted by Crippen LogP contribution is 2.29. The summed E-state index contributed by atoms with van der Waals surface area (Å²) in [4.78, 5) is 24.9. The highest BCUT2D eigenvalue weighted by Gasteiger charge is 2.19. The van der Waals surface area contributed by atoms with Gasteiger partial charge in [0.05, 0.1) is 24.8 Å². The molecule has 0 radical (unpaired) electrons. The third kappa shape index (κ3) is 4.60. The predicted molar refractivity (Wildman–Crippen MR) is 129 cm³/mol. The minimum absolute atomic E-state index is 0.197. The fourth-order valence-electron chi connectivity index (χ4n) is 3.68. The molecule has 0 saturated carbocycles. The summed E-state index contributed by atoms with van der Waals surface area (Å²) in [5, 5.41) is 14.3. The number of rotatable bonds is 7. The lowest BCUT2D eigenvalue weighted by Gasteiger charge is -2.09. The molecule has 176 valence electrons.